The molecular formula is C12H24N2S. The summed E-state index contributed by atoms with van der Waals surface area (Å²) in [6, 6.07) is 0. The number of nitrogens with zero attached hydrogens (tertiary/aromatic N) is 1. The number of likely N-dealkylation sites (N-methyl/N-ethyl adjacent to an activating group) is 1. The van der Waals surface area contributed by atoms with Crippen molar-refractivity contribution in [2.24, 2.45) is 11.7 Å². The second-order valence-corrected chi connectivity index (χ2v) is 6.37. The van der Waals surface area contributed by atoms with Crippen molar-refractivity contribution in [1.29, 1.82) is 0 Å². The Morgan fingerprint density at radius 3 is 2.67 bits per heavy atom. The van der Waals surface area contributed by atoms with Crippen LogP contribution in [0.4, 0.5) is 0 Å². The average molecular weight is 228 g/mol. The van der Waals surface area contributed by atoms with Gasteiger partial charge in [0.15, 0.2) is 0 Å². The quantitative estimate of drug-likeness (QED) is 0.797. The van der Waals surface area contributed by atoms with Crippen LogP contribution in [0, 0.1) is 5.92 Å². The topological polar surface area (TPSA) is 29.3 Å². The lowest BCUT2D eigenvalue weighted by molar-refractivity contribution is 0.0922. The van der Waals surface area contributed by atoms with E-state index in [-0.39, 0.29) is 0 Å². The summed E-state index contributed by atoms with van der Waals surface area (Å²) in [6.45, 7) is 2.11. The van der Waals surface area contributed by atoms with Crippen LogP contribution >= 0.6 is 11.8 Å². The van der Waals surface area contributed by atoms with Gasteiger partial charge >= 0.3 is 0 Å². The van der Waals surface area contributed by atoms with Crippen molar-refractivity contribution in [3.63, 3.8) is 0 Å². The summed E-state index contributed by atoms with van der Waals surface area (Å²) in [4.78, 5) is 2.57. The van der Waals surface area contributed by atoms with Gasteiger partial charge in [0.1, 0.15) is 0 Å². The molecule has 2 rings (SSSR count). The van der Waals surface area contributed by atoms with Crippen molar-refractivity contribution >= 4 is 11.8 Å². The highest BCUT2D eigenvalue weighted by atomic mass is 32.2. The molecular weight excluding hydrogens is 204 g/mol. The molecule has 1 aliphatic carbocycles. The van der Waals surface area contributed by atoms with Crippen LogP contribution in [0.1, 0.15) is 32.1 Å². The Morgan fingerprint density at radius 1 is 1.40 bits per heavy atom. The SMILES string of the molecule is CN(CC1CCC1)C1(CN)CCCSC1. The van der Waals surface area contributed by atoms with Crippen LogP contribution in [0.15, 0.2) is 0 Å². The van der Waals surface area contributed by atoms with Gasteiger partial charge in [-0.2, -0.15) is 11.8 Å². The fraction of sp³-hybridized carbons (Fsp3) is 1.00. The first-order valence-corrected chi connectivity index (χ1v) is 7.41. The summed E-state index contributed by atoms with van der Waals surface area (Å²) < 4.78 is 0. The highest BCUT2D eigenvalue weighted by Gasteiger charge is 2.36. The number of hydrogen-bond acceptors (Lipinski definition) is 3. The molecule has 2 fully saturated rings. The largest absolute Gasteiger partial charge is 0.329 e. The van der Waals surface area contributed by atoms with Gasteiger partial charge in [0.05, 0.1) is 0 Å². The Hall–Kier alpha value is 0.270. The van der Waals surface area contributed by atoms with Gasteiger partial charge in [0.2, 0.25) is 0 Å². The van der Waals surface area contributed by atoms with Crippen LogP contribution in [0.5, 0.6) is 0 Å². The number of thioether (sulfide) groups is 1. The van der Waals surface area contributed by atoms with E-state index in [1.165, 1.54) is 50.2 Å². The third-order valence-electron chi connectivity index (χ3n) is 4.25. The highest BCUT2D eigenvalue weighted by molar-refractivity contribution is 7.99. The average Bonchev–Trinajstić information content (AvgIpc) is 2.24. The fourth-order valence-electron chi connectivity index (χ4n) is 2.71. The molecule has 0 aromatic rings. The molecule has 0 spiro atoms. The van der Waals surface area contributed by atoms with Gasteiger partial charge in [-0.05, 0) is 44.4 Å². The summed E-state index contributed by atoms with van der Waals surface area (Å²) >= 11 is 2.09. The number of rotatable bonds is 4. The van der Waals surface area contributed by atoms with Crippen LogP contribution in [0.3, 0.4) is 0 Å². The maximum atomic E-state index is 6.02. The third-order valence-corrected chi connectivity index (χ3v) is 5.57. The molecule has 1 heterocycles. The van der Waals surface area contributed by atoms with E-state index in [2.05, 4.69) is 23.7 Å². The normalized spacial score (nSPS) is 33.0. The van der Waals surface area contributed by atoms with Gasteiger partial charge in [0, 0.05) is 24.4 Å². The molecule has 0 radical (unpaired) electrons. The van der Waals surface area contributed by atoms with E-state index in [9.17, 15) is 0 Å². The first-order valence-electron chi connectivity index (χ1n) is 6.26. The predicted octanol–water partition coefficient (Wildman–Crippen LogP) is 1.94. The van der Waals surface area contributed by atoms with Crippen LogP contribution in [0.2, 0.25) is 0 Å². The Balaban J connectivity index is 1.90. The van der Waals surface area contributed by atoms with Gasteiger partial charge in [0.25, 0.3) is 0 Å². The van der Waals surface area contributed by atoms with Gasteiger partial charge in [-0.1, -0.05) is 6.42 Å². The van der Waals surface area contributed by atoms with Crippen LogP contribution in [0.25, 0.3) is 0 Å². The van der Waals surface area contributed by atoms with E-state index < -0.39 is 0 Å². The summed E-state index contributed by atoms with van der Waals surface area (Å²) in [7, 11) is 2.29. The third kappa shape index (κ3) is 2.51. The zero-order valence-electron chi connectivity index (χ0n) is 9.87. The maximum Gasteiger partial charge on any atom is 0.0419 e. The molecule has 2 N–H and O–H groups in total. The zero-order valence-corrected chi connectivity index (χ0v) is 10.7. The van der Waals surface area contributed by atoms with E-state index in [0.717, 1.165) is 12.5 Å². The molecule has 0 amide bonds. The lowest BCUT2D eigenvalue weighted by Crippen LogP contribution is -2.57. The fourth-order valence-corrected chi connectivity index (χ4v) is 4.07. The molecule has 88 valence electrons. The van der Waals surface area contributed by atoms with Crippen molar-refractivity contribution in [1.82, 2.24) is 4.90 Å². The van der Waals surface area contributed by atoms with Gasteiger partial charge in [-0.3, -0.25) is 4.90 Å². The van der Waals surface area contributed by atoms with E-state index in [1.54, 1.807) is 0 Å². The van der Waals surface area contributed by atoms with Crippen LogP contribution < -0.4 is 5.73 Å². The van der Waals surface area contributed by atoms with Crippen LogP contribution in [-0.4, -0.2) is 42.1 Å². The van der Waals surface area contributed by atoms with E-state index in [4.69, 9.17) is 5.73 Å². The molecule has 0 bridgehead atoms. The Labute approximate surface area is 98.0 Å². The van der Waals surface area contributed by atoms with Gasteiger partial charge < -0.3 is 5.73 Å². The Morgan fingerprint density at radius 2 is 2.20 bits per heavy atom. The van der Waals surface area contributed by atoms with E-state index in [1.807, 2.05) is 0 Å². The molecule has 1 aliphatic heterocycles. The minimum atomic E-state index is 0.318. The summed E-state index contributed by atoms with van der Waals surface area (Å²) in [5.41, 5.74) is 6.34. The van der Waals surface area contributed by atoms with Gasteiger partial charge in [-0.15, -0.1) is 0 Å². The van der Waals surface area contributed by atoms with Crippen molar-refractivity contribution in [3.8, 4) is 0 Å². The molecule has 1 saturated heterocycles. The van der Waals surface area contributed by atoms with Gasteiger partial charge in [-0.25, -0.2) is 0 Å². The van der Waals surface area contributed by atoms with Crippen LogP contribution in [-0.2, 0) is 0 Å². The Kier molecular flexibility index (Phi) is 3.97. The molecule has 2 nitrogen and oxygen atoms in total. The highest BCUT2D eigenvalue weighted by Crippen LogP contribution is 2.34. The van der Waals surface area contributed by atoms with Crippen molar-refractivity contribution in [3.05, 3.63) is 0 Å². The first-order chi connectivity index (χ1) is 7.27. The minimum Gasteiger partial charge on any atom is -0.329 e. The summed E-state index contributed by atoms with van der Waals surface area (Å²) in [6.07, 6.45) is 6.98. The monoisotopic (exact) mass is 228 g/mol. The lowest BCUT2D eigenvalue weighted by Gasteiger charge is -2.46. The molecule has 0 aromatic heterocycles. The molecule has 1 atom stereocenters. The summed E-state index contributed by atoms with van der Waals surface area (Å²) in [5.74, 6) is 3.54. The Bertz CT molecular complexity index is 198. The van der Waals surface area contributed by atoms with Crippen molar-refractivity contribution in [2.45, 2.75) is 37.6 Å². The molecule has 1 unspecified atom stereocenters. The van der Waals surface area contributed by atoms with E-state index in [0.29, 0.717) is 5.54 Å². The molecule has 0 aromatic carbocycles. The molecule has 2 aliphatic rings. The predicted molar refractivity (Wildman–Crippen MR) is 68.3 cm³/mol. The second-order valence-electron chi connectivity index (χ2n) is 5.26. The number of hydrogen-bond donors (Lipinski definition) is 1. The zero-order chi connectivity index (χ0) is 10.7. The van der Waals surface area contributed by atoms with Crippen molar-refractivity contribution in [2.75, 3.05) is 31.6 Å². The summed E-state index contributed by atoms with van der Waals surface area (Å²) in [5, 5.41) is 0. The molecule has 1 saturated carbocycles. The smallest absolute Gasteiger partial charge is 0.0419 e. The molecule has 15 heavy (non-hydrogen) atoms. The lowest BCUT2D eigenvalue weighted by atomic mass is 9.83. The first kappa shape index (κ1) is 11.7. The van der Waals surface area contributed by atoms with Crippen molar-refractivity contribution < 1.29 is 0 Å². The maximum absolute atomic E-state index is 6.02. The standard InChI is InChI=1S/C12H24N2S/c1-14(8-11-4-2-5-11)12(9-13)6-3-7-15-10-12/h11H,2-10,13H2,1H3. The second kappa shape index (κ2) is 5.07. The minimum absolute atomic E-state index is 0.318. The number of nitrogens with two attached hydrogens (primary N) is 1. The molecule has 3 heteroatoms. The van der Waals surface area contributed by atoms with E-state index >= 15 is 0 Å².